The number of anilines is 1. The van der Waals surface area contributed by atoms with Crippen molar-refractivity contribution < 1.29 is 27.6 Å². The van der Waals surface area contributed by atoms with Gasteiger partial charge in [0.05, 0.1) is 4.92 Å². The molecule has 0 unspecified atom stereocenters. The third kappa shape index (κ3) is 5.35. The van der Waals surface area contributed by atoms with E-state index in [1.165, 1.54) is 24.3 Å². The fourth-order valence-corrected chi connectivity index (χ4v) is 3.51. The molecule has 0 aliphatic rings. The summed E-state index contributed by atoms with van der Waals surface area (Å²) in [7, 11) is -4.07. The van der Waals surface area contributed by atoms with Crippen LogP contribution in [-0.2, 0) is 10.0 Å². The molecule has 1 aromatic heterocycles. The molecule has 136 valence electrons. The van der Waals surface area contributed by atoms with E-state index in [0.29, 0.717) is 17.1 Å². The number of aliphatic hydroxyl groups excluding tert-OH is 1. The van der Waals surface area contributed by atoms with Gasteiger partial charge in [0.15, 0.2) is 5.00 Å². The van der Waals surface area contributed by atoms with Crippen LogP contribution in [0.5, 0.6) is 5.75 Å². The number of sulfonamides is 1. The smallest absolute Gasteiger partial charge is 0.304 e. The van der Waals surface area contributed by atoms with Crippen molar-refractivity contribution in [1.29, 1.82) is 0 Å². The lowest BCUT2D eigenvalue weighted by molar-refractivity contribution is -0.383. The maximum Gasteiger partial charge on any atom is 0.304 e. The van der Waals surface area contributed by atoms with Gasteiger partial charge in [-0.3, -0.25) is 10.1 Å². The van der Waals surface area contributed by atoms with Gasteiger partial charge in [0.2, 0.25) is 10.0 Å². The van der Waals surface area contributed by atoms with E-state index in [-0.39, 0.29) is 22.4 Å². The number of primary sulfonamides is 1. The summed E-state index contributed by atoms with van der Waals surface area (Å²) >= 11 is 0.593. The van der Waals surface area contributed by atoms with E-state index in [9.17, 15) is 28.0 Å². The van der Waals surface area contributed by atoms with Crippen LogP contribution in [0.15, 0.2) is 34.5 Å². The fourth-order valence-electron chi connectivity index (χ4n) is 1.75. The number of nitro groups is 1. The van der Waals surface area contributed by atoms with Gasteiger partial charge in [-0.15, -0.1) is 0 Å². The van der Waals surface area contributed by atoms with E-state index in [4.69, 9.17) is 9.88 Å². The molecule has 0 spiro atoms. The largest absolute Gasteiger partial charge is 0.491 e. The van der Waals surface area contributed by atoms with Gasteiger partial charge < -0.3 is 15.2 Å². The minimum absolute atomic E-state index is 0.0464. The molecular weight excluding hydrogens is 377 g/mol. The maximum absolute atomic E-state index is 12.8. The molecule has 0 aliphatic carbocycles. The van der Waals surface area contributed by atoms with Crippen LogP contribution in [0.2, 0.25) is 0 Å². The van der Waals surface area contributed by atoms with E-state index in [1.807, 2.05) is 0 Å². The third-order valence-electron chi connectivity index (χ3n) is 2.92. The minimum Gasteiger partial charge on any atom is -0.491 e. The van der Waals surface area contributed by atoms with Gasteiger partial charge in [-0.05, 0) is 24.3 Å². The van der Waals surface area contributed by atoms with Crippen LogP contribution >= 0.6 is 11.3 Å². The molecule has 0 radical (unpaired) electrons. The normalized spacial score (nSPS) is 12.6. The zero-order chi connectivity index (χ0) is 18.6. The van der Waals surface area contributed by atoms with Crippen molar-refractivity contribution in [2.45, 2.75) is 10.3 Å². The summed E-state index contributed by atoms with van der Waals surface area (Å²) in [5.41, 5.74) is -0.458. The number of nitrogens with zero attached hydrogens (tertiary/aromatic N) is 1. The Morgan fingerprint density at radius 1 is 1.40 bits per heavy atom. The van der Waals surface area contributed by atoms with Gasteiger partial charge in [-0.2, -0.15) is 0 Å². The van der Waals surface area contributed by atoms with Crippen LogP contribution in [0.3, 0.4) is 0 Å². The van der Waals surface area contributed by atoms with Crippen molar-refractivity contribution in [2.24, 2.45) is 5.14 Å². The summed E-state index contributed by atoms with van der Waals surface area (Å²) < 4.78 is 40.2. The summed E-state index contributed by atoms with van der Waals surface area (Å²) in [6.45, 7) is -0.285. The summed E-state index contributed by atoms with van der Waals surface area (Å²) in [6.07, 6.45) is -1.05. The number of rotatable bonds is 8. The Balaban J connectivity index is 1.96. The lowest BCUT2D eigenvalue weighted by Crippen LogP contribution is -2.26. The molecule has 0 saturated carbocycles. The van der Waals surface area contributed by atoms with Gasteiger partial charge in [0.1, 0.15) is 28.5 Å². The molecule has 0 fully saturated rings. The lowest BCUT2D eigenvalue weighted by Gasteiger charge is -2.13. The number of ether oxygens (including phenoxy) is 1. The fraction of sp³-hybridized carbons (Fsp3) is 0.231. The van der Waals surface area contributed by atoms with Crippen LogP contribution in [0, 0.1) is 15.9 Å². The average Bonchev–Trinajstić information content (AvgIpc) is 2.97. The van der Waals surface area contributed by atoms with E-state index >= 15 is 0 Å². The van der Waals surface area contributed by atoms with Crippen LogP contribution in [-0.4, -0.2) is 37.7 Å². The Kier molecular flexibility index (Phi) is 5.89. The summed E-state index contributed by atoms with van der Waals surface area (Å²) in [4.78, 5) is 10.2. The molecule has 25 heavy (non-hydrogen) atoms. The van der Waals surface area contributed by atoms with Crippen LogP contribution in [0.4, 0.5) is 15.1 Å². The monoisotopic (exact) mass is 391 g/mol. The van der Waals surface area contributed by atoms with Crippen molar-refractivity contribution in [3.8, 4) is 5.75 Å². The Bertz CT molecular complexity index is 853. The molecule has 4 N–H and O–H groups in total. The average molecular weight is 391 g/mol. The first-order valence-electron chi connectivity index (χ1n) is 6.78. The predicted octanol–water partition coefficient (Wildman–Crippen LogP) is 1.29. The first-order valence-corrected chi connectivity index (χ1v) is 9.14. The van der Waals surface area contributed by atoms with Crippen LogP contribution in [0.25, 0.3) is 0 Å². The topological polar surface area (TPSA) is 145 Å². The van der Waals surface area contributed by atoms with Gasteiger partial charge in [0, 0.05) is 12.6 Å². The van der Waals surface area contributed by atoms with E-state index in [0.717, 1.165) is 6.07 Å². The summed E-state index contributed by atoms with van der Waals surface area (Å²) in [5.74, 6) is -0.0794. The predicted molar refractivity (Wildman–Crippen MR) is 88.7 cm³/mol. The first kappa shape index (κ1) is 19.1. The standard InChI is InChI=1S/C13H14FN3O6S2/c14-8-1-3-10(4-2-8)23-7-9(18)6-16-13-11(17(19)20)5-12(24-13)25(15,21)22/h1-5,9,16,18H,6-7H2,(H2,15,21,22)/t9-/m1/s1. The van der Waals surface area contributed by atoms with Crippen molar-refractivity contribution in [3.05, 3.63) is 46.3 Å². The Hall–Kier alpha value is -2.28. The zero-order valence-corrected chi connectivity index (χ0v) is 14.2. The van der Waals surface area contributed by atoms with Crippen molar-refractivity contribution >= 4 is 32.0 Å². The number of hydrogen-bond donors (Lipinski definition) is 3. The van der Waals surface area contributed by atoms with E-state index in [1.54, 1.807) is 0 Å². The number of halogens is 1. The second-order valence-corrected chi connectivity index (χ2v) is 7.72. The Morgan fingerprint density at radius 2 is 2.04 bits per heavy atom. The SMILES string of the molecule is NS(=O)(=O)c1cc([N+](=O)[O-])c(NC[C@@H](O)COc2ccc(F)cc2)s1. The molecule has 1 heterocycles. The number of aliphatic hydroxyl groups is 1. The molecular formula is C13H14FN3O6S2. The molecule has 0 bridgehead atoms. The molecule has 0 amide bonds. The number of thiophene rings is 1. The second-order valence-electron chi connectivity index (χ2n) is 4.88. The third-order valence-corrected chi connectivity index (χ3v) is 5.42. The summed E-state index contributed by atoms with van der Waals surface area (Å²) in [6, 6.07) is 6.02. The molecule has 0 aliphatic heterocycles. The van der Waals surface area contributed by atoms with E-state index < -0.39 is 32.6 Å². The maximum atomic E-state index is 12.8. The Labute approximate surface area is 146 Å². The Morgan fingerprint density at radius 3 is 2.60 bits per heavy atom. The molecule has 9 nitrogen and oxygen atoms in total. The van der Waals surface area contributed by atoms with Crippen LogP contribution < -0.4 is 15.2 Å². The highest BCUT2D eigenvalue weighted by molar-refractivity contribution is 7.91. The summed E-state index contributed by atoms with van der Waals surface area (Å²) in [5, 5.41) is 28.3. The molecule has 1 aromatic carbocycles. The van der Waals surface area contributed by atoms with Gasteiger partial charge >= 0.3 is 5.69 Å². The van der Waals surface area contributed by atoms with Gasteiger partial charge in [-0.1, -0.05) is 11.3 Å². The molecule has 2 rings (SSSR count). The molecule has 12 heteroatoms. The van der Waals surface area contributed by atoms with Gasteiger partial charge in [0.25, 0.3) is 0 Å². The molecule has 0 saturated heterocycles. The highest BCUT2D eigenvalue weighted by Gasteiger charge is 2.24. The number of nitrogens with one attached hydrogen (secondary N) is 1. The lowest BCUT2D eigenvalue weighted by atomic mass is 10.3. The quantitative estimate of drug-likeness (QED) is 0.454. The molecule has 2 aromatic rings. The molecule has 1 atom stereocenters. The zero-order valence-electron chi connectivity index (χ0n) is 12.6. The number of benzene rings is 1. The second kappa shape index (κ2) is 7.74. The number of hydrogen-bond acceptors (Lipinski definition) is 8. The van der Waals surface area contributed by atoms with Crippen molar-refractivity contribution in [2.75, 3.05) is 18.5 Å². The number of nitrogens with two attached hydrogens (primary N) is 1. The van der Waals surface area contributed by atoms with E-state index in [2.05, 4.69) is 5.32 Å². The minimum atomic E-state index is -4.07. The highest BCUT2D eigenvalue weighted by atomic mass is 32.2. The van der Waals surface area contributed by atoms with Crippen LogP contribution in [0.1, 0.15) is 0 Å². The van der Waals surface area contributed by atoms with Crippen molar-refractivity contribution in [1.82, 2.24) is 0 Å². The van der Waals surface area contributed by atoms with Crippen molar-refractivity contribution in [3.63, 3.8) is 0 Å². The first-order chi connectivity index (χ1) is 11.7. The highest BCUT2D eigenvalue weighted by Crippen LogP contribution is 2.36. The van der Waals surface area contributed by atoms with Gasteiger partial charge in [-0.25, -0.2) is 17.9 Å².